The summed E-state index contributed by atoms with van der Waals surface area (Å²) in [6, 6.07) is 3.44. The molecule has 0 saturated carbocycles. The Morgan fingerprint density at radius 2 is 1.18 bits per heavy atom. The smallest absolute Gasteiger partial charge is 0.186 e. The van der Waals surface area contributed by atoms with Crippen LogP contribution in [0.1, 0.15) is 58.2 Å². The first-order valence-electron chi connectivity index (χ1n) is 7.28. The van der Waals surface area contributed by atoms with E-state index in [-0.39, 0.29) is 5.75 Å². The number of aromatic hydroxyl groups is 1. The van der Waals surface area contributed by atoms with E-state index in [2.05, 4.69) is 0 Å². The molecule has 0 spiro atoms. The lowest BCUT2D eigenvalue weighted by Crippen LogP contribution is -2.30. The van der Waals surface area contributed by atoms with Crippen molar-refractivity contribution >= 4 is 12.4 Å². The SMILES string of the molecule is Cc1cc(C=[N+]([O-])C(C)(C)C)c(O)c(C=[N+]([O-])C(C)(C)C)c1. The van der Waals surface area contributed by atoms with Gasteiger partial charge in [-0.3, -0.25) is 0 Å². The monoisotopic (exact) mass is 306 g/mol. The van der Waals surface area contributed by atoms with Gasteiger partial charge in [0.05, 0.1) is 11.1 Å². The summed E-state index contributed by atoms with van der Waals surface area (Å²) in [5.41, 5.74) is 0.461. The third-order valence-corrected chi connectivity index (χ3v) is 3.15. The molecule has 0 amide bonds. The molecule has 1 aromatic carbocycles. The number of hydrogen-bond acceptors (Lipinski definition) is 3. The molecule has 22 heavy (non-hydrogen) atoms. The molecule has 1 aromatic rings. The van der Waals surface area contributed by atoms with E-state index in [1.165, 1.54) is 12.4 Å². The quantitative estimate of drug-likeness (QED) is 0.395. The molecule has 1 rings (SSSR count). The molecule has 5 heteroatoms. The zero-order valence-corrected chi connectivity index (χ0v) is 14.5. The van der Waals surface area contributed by atoms with Crippen LogP contribution in [0.4, 0.5) is 0 Å². The molecule has 1 N–H and O–H groups in total. The van der Waals surface area contributed by atoms with E-state index in [1.54, 1.807) is 53.7 Å². The molecule has 0 aliphatic carbocycles. The van der Waals surface area contributed by atoms with Gasteiger partial charge in [0.1, 0.15) is 5.75 Å². The molecule has 0 aromatic heterocycles. The predicted octanol–water partition coefficient (Wildman–Crippen LogP) is 3.16. The minimum Gasteiger partial charge on any atom is -0.623 e. The highest BCUT2D eigenvalue weighted by Crippen LogP contribution is 2.23. The molecule has 0 unspecified atom stereocenters. The van der Waals surface area contributed by atoms with Gasteiger partial charge in [-0.25, -0.2) is 9.48 Å². The molecule has 0 aliphatic heterocycles. The van der Waals surface area contributed by atoms with Gasteiger partial charge in [-0.1, -0.05) is 0 Å². The van der Waals surface area contributed by atoms with Crippen LogP contribution in [0, 0.1) is 17.3 Å². The molecule has 0 aliphatic rings. The molecule has 0 bridgehead atoms. The Balaban J connectivity index is 3.43. The maximum Gasteiger partial charge on any atom is 0.186 e. The Kier molecular flexibility index (Phi) is 4.90. The van der Waals surface area contributed by atoms with Crippen LogP contribution in [0.3, 0.4) is 0 Å². The highest BCUT2D eigenvalue weighted by Gasteiger charge is 2.22. The summed E-state index contributed by atoms with van der Waals surface area (Å²) in [5, 5.41) is 34.5. The van der Waals surface area contributed by atoms with E-state index in [0.717, 1.165) is 15.0 Å². The lowest BCUT2D eigenvalue weighted by atomic mass is 10.0. The summed E-state index contributed by atoms with van der Waals surface area (Å²) >= 11 is 0. The van der Waals surface area contributed by atoms with Crippen molar-refractivity contribution in [2.45, 2.75) is 59.5 Å². The highest BCUT2D eigenvalue weighted by molar-refractivity contribution is 5.89. The Bertz CT molecular complexity index is 567. The second kappa shape index (κ2) is 5.99. The third kappa shape index (κ3) is 4.48. The standard InChI is InChI=1S/C17H26N2O3/c1-12-8-13(10-18(21)16(2,3)4)15(20)14(9-12)11-19(22)17(5,6)7/h8-11,20H,1-7H3. The number of nitrogens with zero attached hydrogens (tertiary/aromatic N) is 2. The van der Waals surface area contributed by atoms with Gasteiger partial charge in [0, 0.05) is 41.5 Å². The van der Waals surface area contributed by atoms with Crippen molar-refractivity contribution in [1.82, 2.24) is 0 Å². The number of benzene rings is 1. The number of phenolic OH excluding ortho intramolecular Hbond substituents is 1. The van der Waals surface area contributed by atoms with Crippen molar-refractivity contribution in [2.24, 2.45) is 0 Å². The van der Waals surface area contributed by atoms with Gasteiger partial charge in [-0.05, 0) is 24.6 Å². The number of aryl methyl sites for hydroxylation is 1. The summed E-state index contributed by atoms with van der Waals surface area (Å²) in [6.07, 6.45) is 2.71. The largest absolute Gasteiger partial charge is 0.623 e. The van der Waals surface area contributed by atoms with Crippen LogP contribution in [0.5, 0.6) is 5.75 Å². The molecule has 0 heterocycles. The summed E-state index contributed by atoms with van der Waals surface area (Å²) in [6.45, 7) is 12.6. The van der Waals surface area contributed by atoms with Crippen LogP contribution >= 0.6 is 0 Å². The van der Waals surface area contributed by atoms with Crippen molar-refractivity contribution in [1.29, 1.82) is 0 Å². The van der Waals surface area contributed by atoms with Crippen molar-refractivity contribution in [2.75, 3.05) is 0 Å². The van der Waals surface area contributed by atoms with E-state index in [9.17, 15) is 15.5 Å². The van der Waals surface area contributed by atoms with E-state index < -0.39 is 11.1 Å². The Labute approximate surface area is 132 Å². The molecule has 0 fully saturated rings. The van der Waals surface area contributed by atoms with E-state index in [0.29, 0.717) is 11.1 Å². The van der Waals surface area contributed by atoms with Crippen LogP contribution in [0.25, 0.3) is 0 Å². The van der Waals surface area contributed by atoms with Gasteiger partial charge in [0.15, 0.2) is 23.5 Å². The van der Waals surface area contributed by atoms with Crippen LogP contribution < -0.4 is 0 Å². The lowest BCUT2D eigenvalue weighted by Gasteiger charge is -2.20. The van der Waals surface area contributed by atoms with Gasteiger partial charge < -0.3 is 15.5 Å². The average Bonchev–Trinajstić information content (AvgIpc) is 2.32. The van der Waals surface area contributed by atoms with Gasteiger partial charge in [0.25, 0.3) is 0 Å². The molecular formula is C17H26N2O3. The first kappa shape index (κ1) is 18.0. The van der Waals surface area contributed by atoms with Gasteiger partial charge in [-0.15, -0.1) is 0 Å². The Morgan fingerprint density at radius 3 is 1.45 bits per heavy atom. The van der Waals surface area contributed by atoms with E-state index in [1.807, 2.05) is 6.92 Å². The molecule has 0 saturated heterocycles. The van der Waals surface area contributed by atoms with Crippen molar-refractivity contribution in [3.63, 3.8) is 0 Å². The summed E-state index contributed by atoms with van der Waals surface area (Å²) in [7, 11) is 0. The fraction of sp³-hybridized carbons (Fsp3) is 0.529. The second-order valence-corrected chi connectivity index (χ2v) is 7.54. The topological polar surface area (TPSA) is 72.4 Å². The zero-order valence-electron chi connectivity index (χ0n) is 14.5. The van der Waals surface area contributed by atoms with Crippen LogP contribution in [-0.2, 0) is 0 Å². The number of hydrogen-bond donors (Lipinski definition) is 1. The average molecular weight is 306 g/mol. The first-order chi connectivity index (χ1) is 9.82. The van der Waals surface area contributed by atoms with Gasteiger partial charge in [-0.2, -0.15) is 0 Å². The third-order valence-electron chi connectivity index (χ3n) is 3.15. The van der Waals surface area contributed by atoms with Gasteiger partial charge in [0.2, 0.25) is 0 Å². The fourth-order valence-corrected chi connectivity index (χ4v) is 1.67. The Morgan fingerprint density at radius 1 is 0.864 bits per heavy atom. The molecule has 0 atom stereocenters. The number of rotatable bonds is 2. The zero-order chi connectivity index (χ0) is 17.3. The lowest BCUT2D eigenvalue weighted by molar-refractivity contribution is -0.530. The van der Waals surface area contributed by atoms with E-state index >= 15 is 0 Å². The van der Waals surface area contributed by atoms with Gasteiger partial charge >= 0.3 is 0 Å². The van der Waals surface area contributed by atoms with E-state index in [4.69, 9.17) is 0 Å². The van der Waals surface area contributed by atoms with Crippen LogP contribution in [0.15, 0.2) is 12.1 Å². The van der Waals surface area contributed by atoms with Crippen molar-refractivity contribution in [3.05, 3.63) is 39.2 Å². The Hall–Kier alpha value is -2.04. The van der Waals surface area contributed by atoms with Crippen LogP contribution in [0.2, 0.25) is 0 Å². The van der Waals surface area contributed by atoms with Crippen LogP contribution in [-0.4, -0.2) is 38.1 Å². The predicted molar refractivity (Wildman–Crippen MR) is 89.9 cm³/mol. The summed E-state index contributed by atoms with van der Waals surface area (Å²) in [4.78, 5) is 0. The van der Waals surface area contributed by atoms with Crippen molar-refractivity contribution in [3.8, 4) is 5.75 Å². The first-order valence-corrected chi connectivity index (χ1v) is 7.28. The van der Waals surface area contributed by atoms with Crippen molar-refractivity contribution < 1.29 is 14.6 Å². The molecule has 122 valence electrons. The molecule has 0 radical (unpaired) electrons. The molecule has 5 nitrogen and oxygen atoms in total. The summed E-state index contributed by atoms with van der Waals surface area (Å²) in [5.74, 6) is -0.0687. The maximum atomic E-state index is 12.1. The molecular weight excluding hydrogens is 280 g/mol. The summed E-state index contributed by atoms with van der Waals surface area (Å²) < 4.78 is 1.59. The second-order valence-electron chi connectivity index (χ2n) is 7.54. The minimum absolute atomic E-state index is 0.0687. The highest BCUT2D eigenvalue weighted by atomic mass is 16.5. The normalized spacial score (nSPS) is 14.3. The number of hydroxylamine groups is 2. The maximum absolute atomic E-state index is 12.1. The minimum atomic E-state index is -0.601. The number of phenols is 1. The fourth-order valence-electron chi connectivity index (χ4n) is 1.67.